The summed E-state index contributed by atoms with van der Waals surface area (Å²) in [5, 5.41) is 14.3. The van der Waals surface area contributed by atoms with Gasteiger partial charge in [-0.25, -0.2) is 0 Å². The molecule has 1 unspecified atom stereocenters. The Hall–Kier alpha value is -0.640. The van der Waals surface area contributed by atoms with Crippen molar-refractivity contribution in [1.82, 2.24) is 0 Å². The van der Waals surface area contributed by atoms with Crippen molar-refractivity contribution in [2.75, 3.05) is 0 Å². The molecular formula is C13H13BrOS. The lowest BCUT2D eigenvalue weighted by Gasteiger charge is -2.13. The van der Waals surface area contributed by atoms with Crippen molar-refractivity contribution in [2.45, 2.75) is 19.4 Å². The highest BCUT2D eigenvalue weighted by molar-refractivity contribution is 9.10. The number of thiophene rings is 1. The van der Waals surface area contributed by atoms with Gasteiger partial charge in [0.05, 0.1) is 6.10 Å². The molecule has 0 radical (unpaired) electrons. The minimum Gasteiger partial charge on any atom is -0.388 e. The maximum Gasteiger partial charge on any atom is 0.0833 e. The second-order valence-electron chi connectivity index (χ2n) is 3.85. The third kappa shape index (κ3) is 2.73. The topological polar surface area (TPSA) is 20.2 Å². The minimum absolute atomic E-state index is 0.414. The van der Waals surface area contributed by atoms with Crippen molar-refractivity contribution in [3.8, 4) is 0 Å². The monoisotopic (exact) mass is 296 g/mol. The molecule has 1 nitrogen and oxygen atoms in total. The van der Waals surface area contributed by atoms with Crippen molar-refractivity contribution in [2.24, 2.45) is 0 Å². The zero-order valence-corrected chi connectivity index (χ0v) is 11.4. The highest BCUT2D eigenvalue weighted by Gasteiger charge is 2.11. The Kier molecular flexibility index (Phi) is 3.79. The summed E-state index contributed by atoms with van der Waals surface area (Å²) in [7, 11) is 0. The largest absolute Gasteiger partial charge is 0.388 e. The summed E-state index contributed by atoms with van der Waals surface area (Å²) in [5.74, 6) is 0. The molecular weight excluding hydrogens is 284 g/mol. The fraction of sp³-hybridized carbons (Fsp3) is 0.231. The van der Waals surface area contributed by atoms with Gasteiger partial charge in [0.2, 0.25) is 0 Å². The maximum atomic E-state index is 10.2. The van der Waals surface area contributed by atoms with Crippen LogP contribution >= 0.6 is 27.3 Å². The molecule has 1 aromatic carbocycles. The highest BCUT2D eigenvalue weighted by atomic mass is 79.9. The average Bonchev–Trinajstić information content (AvgIpc) is 2.70. The van der Waals surface area contributed by atoms with E-state index in [0.29, 0.717) is 6.42 Å². The number of aryl methyl sites for hydroxylation is 1. The van der Waals surface area contributed by atoms with Crippen LogP contribution in [-0.4, -0.2) is 5.11 Å². The van der Waals surface area contributed by atoms with Gasteiger partial charge in [0.25, 0.3) is 0 Å². The second-order valence-corrected chi connectivity index (χ2v) is 5.55. The van der Waals surface area contributed by atoms with Crippen LogP contribution < -0.4 is 0 Å². The molecule has 1 aromatic heterocycles. The number of hydrogen-bond acceptors (Lipinski definition) is 2. The molecule has 1 atom stereocenters. The first kappa shape index (κ1) is 11.8. The summed E-state index contributed by atoms with van der Waals surface area (Å²) in [4.78, 5) is 0. The number of aliphatic hydroxyl groups is 1. The summed E-state index contributed by atoms with van der Waals surface area (Å²) in [6.07, 6.45) is 0.272. The van der Waals surface area contributed by atoms with E-state index in [4.69, 9.17) is 0 Å². The average molecular weight is 297 g/mol. The molecule has 1 heterocycles. The minimum atomic E-state index is -0.414. The fourth-order valence-corrected chi connectivity index (χ4v) is 2.91. The van der Waals surface area contributed by atoms with Crippen molar-refractivity contribution in [1.29, 1.82) is 0 Å². The van der Waals surface area contributed by atoms with Gasteiger partial charge in [-0.1, -0.05) is 22.0 Å². The lowest BCUT2D eigenvalue weighted by molar-refractivity contribution is 0.178. The maximum absolute atomic E-state index is 10.2. The van der Waals surface area contributed by atoms with E-state index in [9.17, 15) is 5.11 Å². The molecule has 1 N–H and O–H groups in total. The van der Waals surface area contributed by atoms with Gasteiger partial charge in [-0.3, -0.25) is 0 Å². The van der Waals surface area contributed by atoms with E-state index in [2.05, 4.69) is 27.4 Å². The van der Waals surface area contributed by atoms with E-state index in [1.165, 1.54) is 5.56 Å². The van der Waals surface area contributed by atoms with Crippen LogP contribution in [0, 0.1) is 6.92 Å². The molecule has 0 amide bonds. The molecule has 2 rings (SSSR count). The predicted molar refractivity (Wildman–Crippen MR) is 71.9 cm³/mol. The Bertz CT molecular complexity index is 465. The van der Waals surface area contributed by atoms with Crippen LogP contribution in [0.1, 0.15) is 22.8 Å². The van der Waals surface area contributed by atoms with Crippen LogP contribution in [0.4, 0.5) is 0 Å². The van der Waals surface area contributed by atoms with Crippen LogP contribution in [0.15, 0.2) is 39.5 Å². The summed E-state index contributed by atoms with van der Waals surface area (Å²) in [6, 6.07) is 8.05. The van der Waals surface area contributed by atoms with E-state index >= 15 is 0 Å². The van der Waals surface area contributed by atoms with Gasteiger partial charge < -0.3 is 5.11 Å². The quantitative estimate of drug-likeness (QED) is 0.904. The molecule has 0 spiro atoms. The van der Waals surface area contributed by atoms with Crippen LogP contribution in [0.3, 0.4) is 0 Å². The number of benzene rings is 1. The van der Waals surface area contributed by atoms with Crippen molar-refractivity contribution in [3.05, 3.63) is 56.2 Å². The van der Waals surface area contributed by atoms with E-state index in [0.717, 1.165) is 15.6 Å². The van der Waals surface area contributed by atoms with Gasteiger partial charge in [0.15, 0.2) is 0 Å². The van der Waals surface area contributed by atoms with Crippen LogP contribution in [0.25, 0.3) is 0 Å². The first-order valence-electron chi connectivity index (χ1n) is 5.12. The molecule has 84 valence electrons. The highest BCUT2D eigenvalue weighted by Crippen LogP contribution is 2.25. The normalized spacial score (nSPS) is 12.7. The summed E-state index contributed by atoms with van der Waals surface area (Å²) in [6.45, 7) is 2.02. The summed E-state index contributed by atoms with van der Waals surface area (Å²) in [5.41, 5.74) is 3.33. The standard InChI is InChI=1S/C13H13BrOS/c1-9-6-11(14)2-3-12(9)13(15)7-10-4-5-16-8-10/h2-6,8,13,15H,7H2,1H3. The predicted octanol–water partition coefficient (Wildman–Crippen LogP) is 4.10. The zero-order valence-electron chi connectivity index (χ0n) is 8.98. The van der Waals surface area contributed by atoms with Crippen LogP contribution in [0.5, 0.6) is 0 Å². The number of halogens is 1. The molecule has 0 aliphatic rings. The first-order valence-corrected chi connectivity index (χ1v) is 6.85. The molecule has 16 heavy (non-hydrogen) atoms. The smallest absolute Gasteiger partial charge is 0.0833 e. The number of hydrogen-bond donors (Lipinski definition) is 1. The Morgan fingerprint density at radius 3 is 2.81 bits per heavy atom. The fourth-order valence-electron chi connectivity index (χ4n) is 1.76. The van der Waals surface area contributed by atoms with Gasteiger partial charge in [-0.15, -0.1) is 0 Å². The molecule has 0 saturated heterocycles. The van der Waals surface area contributed by atoms with Crippen LogP contribution in [-0.2, 0) is 6.42 Å². The Morgan fingerprint density at radius 1 is 1.38 bits per heavy atom. The van der Waals surface area contributed by atoms with Gasteiger partial charge in [-0.2, -0.15) is 11.3 Å². The Labute approximate surface area is 108 Å². The molecule has 0 aliphatic heterocycles. The summed E-state index contributed by atoms with van der Waals surface area (Å²) < 4.78 is 1.05. The number of rotatable bonds is 3. The SMILES string of the molecule is Cc1cc(Br)ccc1C(O)Cc1ccsc1. The third-order valence-electron chi connectivity index (χ3n) is 2.60. The molecule has 3 heteroatoms. The molecule has 0 bridgehead atoms. The van der Waals surface area contributed by atoms with E-state index < -0.39 is 6.10 Å². The third-order valence-corrected chi connectivity index (χ3v) is 3.83. The zero-order chi connectivity index (χ0) is 11.5. The summed E-state index contributed by atoms with van der Waals surface area (Å²) >= 11 is 5.09. The number of aliphatic hydroxyl groups excluding tert-OH is 1. The van der Waals surface area contributed by atoms with Gasteiger partial charge in [-0.05, 0) is 52.6 Å². The molecule has 0 saturated carbocycles. The Balaban J connectivity index is 2.17. The van der Waals surface area contributed by atoms with Crippen molar-refractivity contribution >= 4 is 27.3 Å². The second kappa shape index (κ2) is 5.13. The van der Waals surface area contributed by atoms with Crippen LogP contribution in [0.2, 0.25) is 0 Å². The van der Waals surface area contributed by atoms with Gasteiger partial charge in [0, 0.05) is 10.9 Å². The molecule has 2 aromatic rings. The lowest BCUT2D eigenvalue weighted by Crippen LogP contribution is -2.03. The Morgan fingerprint density at radius 2 is 2.19 bits per heavy atom. The van der Waals surface area contributed by atoms with Gasteiger partial charge in [0.1, 0.15) is 0 Å². The van der Waals surface area contributed by atoms with Crippen molar-refractivity contribution < 1.29 is 5.11 Å². The first-order chi connectivity index (χ1) is 7.66. The lowest BCUT2D eigenvalue weighted by atomic mass is 9.99. The van der Waals surface area contributed by atoms with E-state index in [1.54, 1.807) is 11.3 Å². The van der Waals surface area contributed by atoms with Gasteiger partial charge >= 0.3 is 0 Å². The van der Waals surface area contributed by atoms with E-state index in [1.807, 2.05) is 30.5 Å². The molecule has 0 aliphatic carbocycles. The van der Waals surface area contributed by atoms with E-state index in [-0.39, 0.29) is 0 Å². The molecule has 0 fully saturated rings. The van der Waals surface area contributed by atoms with Crippen molar-refractivity contribution in [3.63, 3.8) is 0 Å².